The summed E-state index contributed by atoms with van der Waals surface area (Å²) in [5, 5.41) is 0. The topological polar surface area (TPSA) is 29.5 Å². The lowest BCUT2D eigenvalue weighted by Gasteiger charge is -2.26. The molecule has 0 saturated carbocycles. The standard InChI is InChI=1S/C18H15NO2/c1-19-16-10-6-5-9-15(16)18(17(19)20)14(11-12-21-18)13-7-3-2-4-8-13/h2-11H,12H2,1H3. The molecule has 0 radical (unpaired) electrons. The van der Waals surface area contributed by atoms with Crippen LogP contribution in [0.15, 0.2) is 60.7 Å². The van der Waals surface area contributed by atoms with E-state index in [2.05, 4.69) is 0 Å². The first-order valence-electron chi connectivity index (χ1n) is 7.03. The summed E-state index contributed by atoms with van der Waals surface area (Å²) in [5.41, 5.74) is 2.86. The minimum Gasteiger partial charge on any atom is -0.351 e. The van der Waals surface area contributed by atoms with E-state index in [0.29, 0.717) is 6.61 Å². The van der Waals surface area contributed by atoms with Crippen molar-refractivity contribution in [2.24, 2.45) is 0 Å². The van der Waals surface area contributed by atoms with E-state index >= 15 is 0 Å². The van der Waals surface area contributed by atoms with Crippen LogP contribution in [0.5, 0.6) is 0 Å². The van der Waals surface area contributed by atoms with Crippen LogP contribution in [0.3, 0.4) is 0 Å². The van der Waals surface area contributed by atoms with Gasteiger partial charge in [0.05, 0.1) is 12.3 Å². The molecule has 21 heavy (non-hydrogen) atoms. The highest BCUT2D eigenvalue weighted by Gasteiger charge is 2.55. The van der Waals surface area contributed by atoms with Crippen molar-refractivity contribution >= 4 is 17.2 Å². The summed E-state index contributed by atoms with van der Waals surface area (Å²) < 4.78 is 5.99. The van der Waals surface area contributed by atoms with Gasteiger partial charge in [0, 0.05) is 18.2 Å². The third-order valence-electron chi connectivity index (χ3n) is 4.30. The summed E-state index contributed by atoms with van der Waals surface area (Å²) in [6, 6.07) is 17.8. The summed E-state index contributed by atoms with van der Waals surface area (Å²) >= 11 is 0. The Bertz CT molecular complexity index is 751. The second-order valence-corrected chi connectivity index (χ2v) is 5.36. The van der Waals surface area contributed by atoms with Crippen molar-refractivity contribution in [1.29, 1.82) is 0 Å². The lowest BCUT2D eigenvalue weighted by atomic mass is 9.84. The van der Waals surface area contributed by atoms with Crippen molar-refractivity contribution in [2.45, 2.75) is 5.60 Å². The van der Waals surface area contributed by atoms with Gasteiger partial charge in [0.15, 0.2) is 5.60 Å². The summed E-state index contributed by atoms with van der Waals surface area (Å²) in [4.78, 5) is 14.6. The van der Waals surface area contributed by atoms with Crippen molar-refractivity contribution in [3.63, 3.8) is 0 Å². The lowest BCUT2D eigenvalue weighted by molar-refractivity contribution is -0.133. The van der Waals surface area contributed by atoms with Gasteiger partial charge in [-0.25, -0.2) is 0 Å². The minimum atomic E-state index is -0.979. The van der Waals surface area contributed by atoms with Gasteiger partial charge in [-0.15, -0.1) is 0 Å². The highest BCUT2D eigenvalue weighted by molar-refractivity contribution is 6.15. The number of carbonyl (C=O) groups excluding carboxylic acids is 1. The van der Waals surface area contributed by atoms with E-state index < -0.39 is 5.60 Å². The molecule has 1 atom stereocenters. The Morgan fingerprint density at radius 3 is 2.57 bits per heavy atom. The molecular weight excluding hydrogens is 262 g/mol. The summed E-state index contributed by atoms with van der Waals surface area (Å²) in [5.74, 6) is -0.0173. The fourth-order valence-corrected chi connectivity index (χ4v) is 3.33. The van der Waals surface area contributed by atoms with Crippen molar-refractivity contribution in [2.75, 3.05) is 18.6 Å². The summed E-state index contributed by atoms with van der Waals surface area (Å²) in [6.45, 7) is 0.456. The average Bonchev–Trinajstić information content (AvgIpc) is 3.07. The Morgan fingerprint density at radius 2 is 1.76 bits per heavy atom. The maximum Gasteiger partial charge on any atom is 0.268 e. The first-order valence-corrected chi connectivity index (χ1v) is 7.03. The van der Waals surface area contributed by atoms with Gasteiger partial charge in [0.25, 0.3) is 5.91 Å². The third kappa shape index (κ3) is 1.49. The predicted molar refractivity (Wildman–Crippen MR) is 81.9 cm³/mol. The van der Waals surface area contributed by atoms with Crippen LogP contribution >= 0.6 is 0 Å². The molecule has 3 nitrogen and oxygen atoms in total. The number of fused-ring (bicyclic) bond motifs is 2. The molecule has 2 aromatic carbocycles. The zero-order valence-corrected chi connectivity index (χ0v) is 11.7. The number of benzene rings is 2. The van der Waals surface area contributed by atoms with Gasteiger partial charge < -0.3 is 9.64 Å². The highest BCUT2D eigenvalue weighted by Crippen LogP contribution is 2.51. The van der Waals surface area contributed by atoms with Gasteiger partial charge in [-0.1, -0.05) is 54.6 Å². The molecule has 104 valence electrons. The van der Waals surface area contributed by atoms with Gasteiger partial charge in [-0.3, -0.25) is 4.79 Å². The number of hydrogen-bond donors (Lipinski definition) is 0. The molecule has 1 spiro atoms. The van der Waals surface area contributed by atoms with Crippen molar-refractivity contribution in [3.8, 4) is 0 Å². The molecule has 2 aliphatic rings. The van der Waals surface area contributed by atoms with Crippen molar-refractivity contribution in [3.05, 3.63) is 71.8 Å². The van der Waals surface area contributed by atoms with Gasteiger partial charge in [0.2, 0.25) is 0 Å². The maximum atomic E-state index is 12.9. The van der Waals surface area contributed by atoms with E-state index in [1.165, 1.54) is 0 Å². The Labute approximate surface area is 123 Å². The lowest BCUT2D eigenvalue weighted by Crippen LogP contribution is -2.39. The Balaban J connectivity index is 1.95. The smallest absolute Gasteiger partial charge is 0.268 e. The molecule has 0 fully saturated rings. The van der Waals surface area contributed by atoms with Crippen LogP contribution in [0.1, 0.15) is 11.1 Å². The van der Waals surface area contributed by atoms with Crippen molar-refractivity contribution < 1.29 is 9.53 Å². The number of para-hydroxylation sites is 1. The van der Waals surface area contributed by atoms with Crippen LogP contribution in [0.25, 0.3) is 5.57 Å². The zero-order valence-electron chi connectivity index (χ0n) is 11.7. The van der Waals surface area contributed by atoms with E-state index in [9.17, 15) is 4.79 Å². The number of rotatable bonds is 1. The highest BCUT2D eigenvalue weighted by atomic mass is 16.5. The van der Waals surface area contributed by atoms with E-state index in [0.717, 1.165) is 22.4 Å². The third-order valence-corrected chi connectivity index (χ3v) is 4.30. The fourth-order valence-electron chi connectivity index (χ4n) is 3.33. The van der Waals surface area contributed by atoms with Crippen molar-refractivity contribution in [1.82, 2.24) is 0 Å². The Kier molecular flexibility index (Phi) is 2.53. The number of carbonyl (C=O) groups is 1. The number of hydrogen-bond acceptors (Lipinski definition) is 2. The molecule has 2 aromatic rings. The fraction of sp³-hybridized carbons (Fsp3) is 0.167. The molecular formula is C18H15NO2. The summed E-state index contributed by atoms with van der Waals surface area (Å²) in [6.07, 6.45) is 2.02. The van der Waals surface area contributed by atoms with E-state index in [1.807, 2.05) is 60.7 Å². The van der Waals surface area contributed by atoms with Gasteiger partial charge in [-0.2, -0.15) is 0 Å². The molecule has 0 aromatic heterocycles. The molecule has 3 heteroatoms. The second kappa shape index (κ2) is 4.30. The van der Waals surface area contributed by atoms with E-state index in [4.69, 9.17) is 4.74 Å². The van der Waals surface area contributed by atoms with Crippen LogP contribution in [-0.2, 0) is 15.1 Å². The SMILES string of the molecule is CN1C(=O)C2(OCC=C2c2ccccc2)c2ccccc21. The Morgan fingerprint density at radius 1 is 1.05 bits per heavy atom. The quantitative estimate of drug-likeness (QED) is 0.802. The predicted octanol–water partition coefficient (Wildman–Crippen LogP) is 2.97. The monoisotopic (exact) mass is 277 g/mol. The van der Waals surface area contributed by atoms with Crippen LogP contribution in [0.4, 0.5) is 5.69 Å². The zero-order chi connectivity index (χ0) is 14.4. The molecule has 1 unspecified atom stereocenters. The number of amides is 1. The van der Waals surface area contributed by atoms with Crippen LogP contribution < -0.4 is 4.90 Å². The first-order chi connectivity index (χ1) is 10.2. The first kappa shape index (κ1) is 12.4. The normalized spacial score (nSPS) is 23.6. The van der Waals surface area contributed by atoms with Crippen LogP contribution in [0, 0.1) is 0 Å². The van der Waals surface area contributed by atoms with Gasteiger partial charge >= 0.3 is 0 Å². The number of ether oxygens (including phenoxy) is 1. The van der Waals surface area contributed by atoms with Gasteiger partial charge in [-0.05, 0) is 11.6 Å². The summed E-state index contributed by atoms with van der Waals surface area (Å²) in [7, 11) is 1.81. The molecule has 0 bridgehead atoms. The number of anilines is 1. The average molecular weight is 277 g/mol. The largest absolute Gasteiger partial charge is 0.351 e. The van der Waals surface area contributed by atoms with Gasteiger partial charge in [0.1, 0.15) is 0 Å². The van der Waals surface area contributed by atoms with E-state index in [1.54, 1.807) is 11.9 Å². The minimum absolute atomic E-state index is 0.0173. The second-order valence-electron chi connectivity index (χ2n) is 5.36. The van der Waals surface area contributed by atoms with Crippen LogP contribution in [0.2, 0.25) is 0 Å². The number of likely N-dealkylation sites (N-methyl/N-ethyl adjacent to an activating group) is 1. The number of nitrogens with zero attached hydrogens (tertiary/aromatic N) is 1. The molecule has 2 heterocycles. The molecule has 4 rings (SSSR count). The molecule has 0 saturated heterocycles. The van der Waals surface area contributed by atoms with Crippen LogP contribution in [-0.4, -0.2) is 19.6 Å². The maximum absolute atomic E-state index is 12.9. The van der Waals surface area contributed by atoms with E-state index in [-0.39, 0.29) is 5.91 Å². The Hall–Kier alpha value is -2.39. The molecule has 2 aliphatic heterocycles. The molecule has 1 amide bonds. The molecule has 0 aliphatic carbocycles. The molecule has 0 N–H and O–H groups in total.